The fraction of sp³-hybridized carbons (Fsp3) is 0.200. The molecular formula is C10H14OS. The lowest BCUT2D eigenvalue weighted by molar-refractivity contribution is 0.352. The van der Waals surface area contributed by atoms with Gasteiger partial charge in [0, 0.05) is 0 Å². The molecule has 0 fully saturated rings. The van der Waals surface area contributed by atoms with Crippen molar-refractivity contribution in [3.05, 3.63) is 42.5 Å². The van der Waals surface area contributed by atoms with Crippen molar-refractivity contribution >= 4 is 13.5 Å². The van der Waals surface area contributed by atoms with Crippen molar-refractivity contribution in [2.24, 2.45) is 0 Å². The van der Waals surface area contributed by atoms with Crippen molar-refractivity contribution in [1.29, 1.82) is 0 Å². The van der Waals surface area contributed by atoms with E-state index < -0.39 is 0 Å². The predicted octanol–water partition coefficient (Wildman–Crippen LogP) is 2.75. The summed E-state index contributed by atoms with van der Waals surface area (Å²) >= 11 is 0. The van der Waals surface area contributed by atoms with E-state index in [0.717, 1.165) is 11.3 Å². The molecule has 0 N–H and O–H groups in total. The first-order chi connectivity index (χ1) is 5.29. The third kappa shape index (κ3) is 4.09. The van der Waals surface area contributed by atoms with Gasteiger partial charge < -0.3 is 4.74 Å². The highest BCUT2D eigenvalue weighted by Gasteiger charge is 1.89. The summed E-state index contributed by atoms with van der Waals surface area (Å²) in [5, 5.41) is 0. The summed E-state index contributed by atoms with van der Waals surface area (Å²) < 4.78 is 5.37. The molecule has 66 valence electrons. The summed E-state index contributed by atoms with van der Waals surface area (Å²) in [7, 11) is 0. The van der Waals surface area contributed by atoms with Crippen LogP contribution in [0.5, 0.6) is 5.75 Å². The second-order valence-corrected chi connectivity index (χ2v) is 2.56. The van der Waals surface area contributed by atoms with Crippen LogP contribution in [-0.2, 0) is 0 Å². The van der Waals surface area contributed by atoms with E-state index in [1.165, 1.54) is 0 Å². The van der Waals surface area contributed by atoms with Crippen molar-refractivity contribution in [2.45, 2.75) is 6.92 Å². The van der Waals surface area contributed by atoms with Gasteiger partial charge >= 0.3 is 0 Å². The van der Waals surface area contributed by atoms with Gasteiger partial charge in [-0.25, -0.2) is 0 Å². The summed E-state index contributed by atoms with van der Waals surface area (Å²) in [4.78, 5) is 0. The first-order valence-electron chi connectivity index (χ1n) is 3.61. The smallest absolute Gasteiger partial charge is 0.119 e. The Kier molecular flexibility index (Phi) is 5.30. The quantitative estimate of drug-likeness (QED) is 0.653. The van der Waals surface area contributed by atoms with Gasteiger partial charge in [-0.1, -0.05) is 24.8 Å². The Morgan fingerprint density at radius 3 is 2.42 bits per heavy atom. The summed E-state index contributed by atoms with van der Waals surface area (Å²) in [5.74, 6) is 0.899. The number of ether oxygens (including phenoxy) is 1. The molecule has 0 aromatic heterocycles. The molecular weight excluding hydrogens is 168 g/mol. The Morgan fingerprint density at radius 1 is 1.33 bits per heavy atom. The van der Waals surface area contributed by atoms with Crippen molar-refractivity contribution in [2.75, 3.05) is 6.61 Å². The molecule has 0 aliphatic carbocycles. The number of para-hydroxylation sites is 1. The minimum absolute atomic E-state index is 0. The van der Waals surface area contributed by atoms with E-state index in [0.29, 0.717) is 6.61 Å². The van der Waals surface area contributed by atoms with Gasteiger partial charge in [-0.05, 0) is 24.6 Å². The Hall–Kier alpha value is -0.890. The standard InChI is InChI=1S/C10H12O.H2S/c1-9(2)8-11-10-6-4-3-5-7-10;/h3-7H,1,8H2,2H3;1H2. The van der Waals surface area contributed by atoms with Gasteiger partial charge in [0.15, 0.2) is 0 Å². The fourth-order valence-electron chi connectivity index (χ4n) is 0.723. The molecule has 1 rings (SSSR count). The van der Waals surface area contributed by atoms with E-state index in [-0.39, 0.29) is 13.5 Å². The Bertz CT molecular complexity index is 231. The van der Waals surface area contributed by atoms with Gasteiger partial charge in [-0.3, -0.25) is 0 Å². The monoisotopic (exact) mass is 182 g/mol. The number of rotatable bonds is 3. The topological polar surface area (TPSA) is 9.23 Å². The molecule has 1 nitrogen and oxygen atoms in total. The van der Waals surface area contributed by atoms with E-state index >= 15 is 0 Å². The lowest BCUT2D eigenvalue weighted by atomic mass is 10.3. The summed E-state index contributed by atoms with van der Waals surface area (Å²) in [5.41, 5.74) is 1.04. The summed E-state index contributed by atoms with van der Waals surface area (Å²) in [6, 6.07) is 9.74. The minimum atomic E-state index is 0. The summed E-state index contributed by atoms with van der Waals surface area (Å²) in [6.07, 6.45) is 0. The molecule has 0 aliphatic rings. The Labute approximate surface area is 80.5 Å². The zero-order chi connectivity index (χ0) is 8.10. The van der Waals surface area contributed by atoms with Gasteiger partial charge in [0.2, 0.25) is 0 Å². The SMILES string of the molecule is C=C(C)COc1ccccc1.S. The van der Waals surface area contributed by atoms with Crippen LogP contribution in [0.2, 0.25) is 0 Å². The maximum atomic E-state index is 5.37. The fourth-order valence-corrected chi connectivity index (χ4v) is 0.723. The van der Waals surface area contributed by atoms with Gasteiger partial charge in [-0.2, -0.15) is 13.5 Å². The van der Waals surface area contributed by atoms with E-state index in [1.807, 2.05) is 37.3 Å². The van der Waals surface area contributed by atoms with Gasteiger partial charge in [0.05, 0.1) is 0 Å². The number of hydrogen-bond acceptors (Lipinski definition) is 1. The molecule has 0 heterocycles. The van der Waals surface area contributed by atoms with Crippen LogP contribution in [0.3, 0.4) is 0 Å². The zero-order valence-electron chi connectivity index (χ0n) is 7.21. The predicted molar refractivity (Wildman–Crippen MR) is 57.1 cm³/mol. The lowest BCUT2D eigenvalue weighted by Crippen LogP contribution is -1.96. The molecule has 0 saturated heterocycles. The molecule has 0 amide bonds. The third-order valence-electron chi connectivity index (χ3n) is 1.23. The first-order valence-corrected chi connectivity index (χ1v) is 3.61. The molecule has 2 heteroatoms. The molecule has 0 radical (unpaired) electrons. The molecule has 0 unspecified atom stereocenters. The van der Waals surface area contributed by atoms with Crippen molar-refractivity contribution < 1.29 is 4.74 Å². The lowest BCUT2D eigenvalue weighted by Gasteiger charge is -2.03. The van der Waals surface area contributed by atoms with Crippen LogP contribution in [0, 0.1) is 0 Å². The van der Waals surface area contributed by atoms with Crippen molar-refractivity contribution in [1.82, 2.24) is 0 Å². The third-order valence-corrected chi connectivity index (χ3v) is 1.23. The van der Waals surface area contributed by atoms with Crippen LogP contribution < -0.4 is 4.74 Å². The van der Waals surface area contributed by atoms with Crippen molar-refractivity contribution in [3.63, 3.8) is 0 Å². The molecule has 0 atom stereocenters. The van der Waals surface area contributed by atoms with Crippen LogP contribution in [0.15, 0.2) is 42.5 Å². The molecule has 0 spiro atoms. The largest absolute Gasteiger partial charge is 0.489 e. The molecule has 0 aliphatic heterocycles. The maximum absolute atomic E-state index is 5.37. The first kappa shape index (κ1) is 11.1. The average molecular weight is 182 g/mol. The van der Waals surface area contributed by atoms with Gasteiger partial charge in [0.1, 0.15) is 12.4 Å². The molecule has 0 saturated carbocycles. The van der Waals surface area contributed by atoms with Crippen LogP contribution in [0.25, 0.3) is 0 Å². The van der Waals surface area contributed by atoms with E-state index in [1.54, 1.807) is 0 Å². The Morgan fingerprint density at radius 2 is 1.92 bits per heavy atom. The number of benzene rings is 1. The molecule has 1 aromatic rings. The maximum Gasteiger partial charge on any atom is 0.119 e. The zero-order valence-corrected chi connectivity index (χ0v) is 8.21. The second kappa shape index (κ2) is 5.72. The second-order valence-electron chi connectivity index (χ2n) is 2.56. The molecule has 12 heavy (non-hydrogen) atoms. The van der Waals surface area contributed by atoms with Crippen LogP contribution in [0.4, 0.5) is 0 Å². The highest BCUT2D eigenvalue weighted by Crippen LogP contribution is 2.08. The van der Waals surface area contributed by atoms with Crippen molar-refractivity contribution in [3.8, 4) is 5.75 Å². The van der Waals surface area contributed by atoms with Crippen LogP contribution >= 0.6 is 13.5 Å². The highest BCUT2D eigenvalue weighted by atomic mass is 32.1. The van der Waals surface area contributed by atoms with E-state index in [2.05, 4.69) is 6.58 Å². The average Bonchev–Trinajstić information content (AvgIpc) is 2.03. The number of hydrogen-bond donors (Lipinski definition) is 0. The van der Waals surface area contributed by atoms with Crippen LogP contribution in [-0.4, -0.2) is 6.61 Å². The van der Waals surface area contributed by atoms with Crippen LogP contribution in [0.1, 0.15) is 6.92 Å². The minimum Gasteiger partial charge on any atom is -0.489 e. The van der Waals surface area contributed by atoms with E-state index in [4.69, 9.17) is 4.74 Å². The summed E-state index contributed by atoms with van der Waals surface area (Å²) in [6.45, 7) is 6.29. The molecule has 1 aromatic carbocycles. The molecule has 0 bridgehead atoms. The van der Waals surface area contributed by atoms with Gasteiger partial charge in [-0.15, -0.1) is 0 Å². The normalized spacial score (nSPS) is 8.42. The Balaban J connectivity index is 0.00000121. The van der Waals surface area contributed by atoms with Gasteiger partial charge in [0.25, 0.3) is 0 Å². The van der Waals surface area contributed by atoms with E-state index in [9.17, 15) is 0 Å². The highest BCUT2D eigenvalue weighted by molar-refractivity contribution is 7.59.